The molecule has 0 aromatic heterocycles. The molecule has 0 bridgehead atoms. The average molecular weight is 252 g/mol. The molecule has 1 atom stereocenters. The SMILES string of the molecule is CCCNC(C)c1cccc(F)c1N(C)C(C)C. The first kappa shape index (κ1) is 15.0. The number of rotatable bonds is 6. The summed E-state index contributed by atoms with van der Waals surface area (Å²) in [5, 5.41) is 3.42. The van der Waals surface area contributed by atoms with Crippen molar-refractivity contribution in [3.63, 3.8) is 0 Å². The number of nitrogens with zero attached hydrogens (tertiary/aromatic N) is 1. The van der Waals surface area contributed by atoms with Crippen molar-refractivity contribution < 1.29 is 4.39 Å². The molecule has 0 radical (unpaired) electrons. The Kier molecular flexibility index (Phi) is 5.60. The molecule has 2 nitrogen and oxygen atoms in total. The van der Waals surface area contributed by atoms with E-state index in [2.05, 4.69) is 33.0 Å². The molecular weight excluding hydrogens is 227 g/mol. The number of nitrogens with one attached hydrogen (secondary N) is 1. The zero-order valence-electron chi connectivity index (χ0n) is 12.1. The van der Waals surface area contributed by atoms with Crippen molar-refractivity contribution in [2.24, 2.45) is 0 Å². The normalized spacial score (nSPS) is 12.8. The third-order valence-electron chi connectivity index (χ3n) is 3.31. The molecule has 0 amide bonds. The lowest BCUT2D eigenvalue weighted by Crippen LogP contribution is -2.30. The lowest BCUT2D eigenvalue weighted by molar-refractivity contribution is 0.557. The fourth-order valence-corrected chi connectivity index (χ4v) is 1.98. The number of benzene rings is 1. The van der Waals surface area contributed by atoms with Crippen molar-refractivity contribution in [3.05, 3.63) is 29.6 Å². The third-order valence-corrected chi connectivity index (χ3v) is 3.31. The summed E-state index contributed by atoms with van der Waals surface area (Å²) in [6.45, 7) is 9.30. The van der Waals surface area contributed by atoms with Crippen molar-refractivity contribution in [1.29, 1.82) is 0 Å². The monoisotopic (exact) mass is 252 g/mol. The van der Waals surface area contributed by atoms with Crippen LogP contribution in [-0.4, -0.2) is 19.6 Å². The van der Waals surface area contributed by atoms with Gasteiger partial charge in [-0.2, -0.15) is 0 Å². The van der Waals surface area contributed by atoms with E-state index in [0.717, 1.165) is 18.5 Å². The van der Waals surface area contributed by atoms with Gasteiger partial charge in [0.15, 0.2) is 0 Å². The van der Waals surface area contributed by atoms with Gasteiger partial charge in [0.05, 0.1) is 5.69 Å². The number of hydrogen-bond donors (Lipinski definition) is 1. The van der Waals surface area contributed by atoms with Gasteiger partial charge in [0.1, 0.15) is 5.82 Å². The van der Waals surface area contributed by atoms with Gasteiger partial charge in [0, 0.05) is 19.1 Å². The maximum absolute atomic E-state index is 14.1. The largest absolute Gasteiger partial charge is 0.370 e. The van der Waals surface area contributed by atoms with Crippen LogP contribution < -0.4 is 10.2 Å². The molecule has 0 fully saturated rings. The number of hydrogen-bond acceptors (Lipinski definition) is 2. The van der Waals surface area contributed by atoms with E-state index in [9.17, 15) is 4.39 Å². The quantitative estimate of drug-likeness (QED) is 0.830. The first-order chi connectivity index (χ1) is 8.49. The standard InChI is InChI=1S/C15H25FN2/c1-6-10-17-12(4)13-8-7-9-14(16)15(13)18(5)11(2)3/h7-9,11-12,17H,6,10H2,1-5H3. The molecule has 18 heavy (non-hydrogen) atoms. The molecule has 0 spiro atoms. The van der Waals surface area contributed by atoms with E-state index in [1.807, 2.05) is 18.0 Å². The smallest absolute Gasteiger partial charge is 0.146 e. The fraction of sp³-hybridized carbons (Fsp3) is 0.600. The highest BCUT2D eigenvalue weighted by Crippen LogP contribution is 2.29. The molecule has 0 aliphatic heterocycles. The van der Waals surface area contributed by atoms with Crippen LogP contribution in [0.4, 0.5) is 10.1 Å². The molecule has 0 saturated carbocycles. The average Bonchev–Trinajstić information content (AvgIpc) is 2.34. The van der Waals surface area contributed by atoms with Crippen molar-refractivity contribution in [3.8, 4) is 0 Å². The topological polar surface area (TPSA) is 15.3 Å². The fourth-order valence-electron chi connectivity index (χ4n) is 1.98. The minimum absolute atomic E-state index is 0.145. The van der Waals surface area contributed by atoms with E-state index in [-0.39, 0.29) is 17.9 Å². The van der Waals surface area contributed by atoms with Crippen LogP contribution in [-0.2, 0) is 0 Å². The van der Waals surface area contributed by atoms with Crippen LogP contribution in [0.2, 0.25) is 0 Å². The molecule has 102 valence electrons. The Bertz CT molecular complexity index is 377. The van der Waals surface area contributed by atoms with Crippen LogP contribution in [0.3, 0.4) is 0 Å². The van der Waals surface area contributed by atoms with Crippen LogP contribution in [0.1, 0.15) is 45.7 Å². The van der Waals surface area contributed by atoms with Crippen molar-refractivity contribution in [1.82, 2.24) is 5.32 Å². The van der Waals surface area contributed by atoms with E-state index < -0.39 is 0 Å². The number of para-hydroxylation sites is 1. The van der Waals surface area contributed by atoms with Crippen LogP contribution in [0.15, 0.2) is 18.2 Å². The highest BCUT2D eigenvalue weighted by Gasteiger charge is 2.18. The van der Waals surface area contributed by atoms with Gasteiger partial charge in [0.25, 0.3) is 0 Å². The lowest BCUT2D eigenvalue weighted by atomic mass is 10.0. The zero-order chi connectivity index (χ0) is 13.7. The molecule has 1 rings (SSSR count). The summed E-state index contributed by atoms with van der Waals surface area (Å²) in [7, 11) is 1.94. The summed E-state index contributed by atoms with van der Waals surface area (Å²) in [6.07, 6.45) is 1.08. The van der Waals surface area contributed by atoms with Crippen molar-refractivity contribution in [2.45, 2.75) is 46.2 Å². The van der Waals surface area contributed by atoms with Gasteiger partial charge in [-0.3, -0.25) is 0 Å². The van der Waals surface area contributed by atoms with Gasteiger partial charge in [-0.05, 0) is 45.4 Å². The molecule has 1 aromatic rings. The molecule has 1 aromatic carbocycles. The molecule has 1 N–H and O–H groups in total. The van der Waals surface area contributed by atoms with E-state index in [1.165, 1.54) is 6.07 Å². The summed E-state index contributed by atoms with van der Waals surface area (Å²) in [4.78, 5) is 1.99. The Balaban J connectivity index is 3.07. The first-order valence-corrected chi connectivity index (χ1v) is 6.73. The summed E-state index contributed by atoms with van der Waals surface area (Å²) < 4.78 is 14.1. The van der Waals surface area contributed by atoms with Gasteiger partial charge in [0.2, 0.25) is 0 Å². The Labute approximate surface area is 110 Å². The van der Waals surface area contributed by atoms with E-state index >= 15 is 0 Å². The molecule has 0 aliphatic rings. The summed E-state index contributed by atoms with van der Waals surface area (Å²) in [5.41, 5.74) is 1.74. The summed E-state index contributed by atoms with van der Waals surface area (Å²) in [5.74, 6) is -0.145. The molecule has 0 heterocycles. The zero-order valence-corrected chi connectivity index (χ0v) is 12.1. The lowest BCUT2D eigenvalue weighted by Gasteiger charge is -2.29. The van der Waals surface area contributed by atoms with Gasteiger partial charge in [-0.1, -0.05) is 19.1 Å². The van der Waals surface area contributed by atoms with Crippen LogP contribution in [0, 0.1) is 5.82 Å². The number of halogens is 1. The maximum atomic E-state index is 14.1. The van der Waals surface area contributed by atoms with Crippen LogP contribution in [0.25, 0.3) is 0 Å². The molecular formula is C15H25FN2. The Hall–Kier alpha value is -1.09. The van der Waals surface area contributed by atoms with E-state index in [1.54, 1.807) is 6.07 Å². The minimum atomic E-state index is -0.145. The molecule has 1 unspecified atom stereocenters. The van der Waals surface area contributed by atoms with E-state index in [4.69, 9.17) is 0 Å². The Morgan fingerprint density at radius 2 is 1.94 bits per heavy atom. The van der Waals surface area contributed by atoms with Crippen molar-refractivity contribution in [2.75, 3.05) is 18.5 Å². The predicted molar refractivity (Wildman–Crippen MR) is 76.6 cm³/mol. The Morgan fingerprint density at radius 3 is 2.50 bits per heavy atom. The van der Waals surface area contributed by atoms with Gasteiger partial charge < -0.3 is 10.2 Å². The van der Waals surface area contributed by atoms with Gasteiger partial charge >= 0.3 is 0 Å². The first-order valence-electron chi connectivity index (χ1n) is 6.73. The molecule has 3 heteroatoms. The third kappa shape index (κ3) is 3.45. The minimum Gasteiger partial charge on any atom is -0.370 e. The van der Waals surface area contributed by atoms with Gasteiger partial charge in [-0.25, -0.2) is 4.39 Å². The molecule has 0 saturated heterocycles. The second kappa shape index (κ2) is 6.74. The maximum Gasteiger partial charge on any atom is 0.146 e. The predicted octanol–water partition coefficient (Wildman–Crippen LogP) is 3.73. The van der Waals surface area contributed by atoms with Crippen LogP contribution in [0.5, 0.6) is 0 Å². The van der Waals surface area contributed by atoms with E-state index in [0.29, 0.717) is 5.69 Å². The van der Waals surface area contributed by atoms with Gasteiger partial charge in [-0.15, -0.1) is 0 Å². The second-order valence-electron chi connectivity index (χ2n) is 5.06. The Morgan fingerprint density at radius 1 is 1.28 bits per heavy atom. The second-order valence-corrected chi connectivity index (χ2v) is 5.06. The highest BCUT2D eigenvalue weighted by molar-refractivity contribution is 5.56. The van der Waals surface area contributed by atoms with Crippen molar-refractivity contribution >= 4 is 5.69 Å². The number of anilines is 1. The highest BCUT2D eigenvalue weighted by atomic mass is 19.1. The van der Waals surface area contributed by atoms with Crippen LogP contribution >= 0.6 is 0 Å². The molecule has 0 aliphatic carbocycles. The summed E-state index contributed by atoms with van der Waals surface area (Å²) in [6, 6.07) is 5.76. The summed E-state index contributed by atoms with van der Waals surface area (Å²) >= 11 is 0.